The van der Waals surface area contributed by atoms with Crippen molar-refractivity contribution >= 4 is 17.4 Å². The number of halogens is 4. The van der Waals surface area contributed by atoms with Crippen LogP contribution in [0.2, 0.25) is 5.02 Å². The average molecular weight is 404 g/mol. The van der Waals surface area contributed by atoms with Gasteiger partial charge in [-0.25, -0.2) is 4.98 Å². The molecule has 146 valence electrons. The highest BCUT2D eigenvalue weighted by Gasteiger charge is 2.31. The lowest BCUT2D eigenvalue weighted by atomic mass is 10.1. The fourth-order valence-corrected chi connectivity index (χ4v) is 2.31. The third-order valence-corrected chi connectivity index (χ3v) is 3.80. The van der Waals surface area contributed by atoms with E-state index in [9.17, 15) is 23.1 Å². The lowest BCUT2D eigenvalue weighted by Crippen LogP contribution is -2.30. The van der Waals surface area contributed by atoms with Crippen LogP contribution in [0.15, 0.2) is 36.5 Å². The van der Waals surface area contributed by atoms with Gasteiger partial charge in [-0.2, -0.15) is 13.2 Å². The van der Waals surface area contributed by atoms with E-state index < -0.39 is 23.9 Å². The molecule has 0 aliphatic heterocycles. The predicted octanol–water partition coefficient (Wildman–Crippen LogP) is 4.65. The number of nitrogens with zero attached hydrogens (tertiary/aromatic N) is 1. The summed E-state index contributed by atoms with van der Waals surface area (Å²) in [5, 5.41) is 9.56. The van der Waals surface area contributed by atoms with Gasteiger partial charge in [0.2, 0.25) is 5.88 Å². The summed E-state index contributed by atoms with van der Waals surface area (Å²) in [5.41, 5.74) is -0.971. The van der Waals surface area contributed by atoms with Crippen molar-refractivity contribution in [3.05, 3.63) is 47.1 Å². The normalized spacial score (nSPS) is 13.7. The number of aliphatic hydroxyl groups excluding tert-OH is 1. The van der Waals surface area contributed by atoms with Crippen LogP contribution in [0.5, 0.6) is 17.4 Å². The van der Waals surface area contributed by atoms with Crippen LogP contribution in [0.25, 0.3) is 0 Å². The fraction of sp³-hybridized carbons (Fsp3) is 0.333. The topological polar surface area (TPSA) is 68.7 Å². The van der Waals surface area contributed by atoms with Crippen LogP contribution in [-0.2, 0) is 11.0 Å². The van der Waals surface area contributed by atoms with Crippen LogP contribution in [0, 0.1) is 0 Å². The van der Waals surface area contributed by atoms with Gasteiger partial charge in [-0.05, 0) is 44.2 Å². The van der Waals surface area contributed by atoms with Crippen molar-refractivity contribution in [2.75, 3.05) is 0 Å². The van der Waals surface area contributed by atoms with Crippen LogP contribution < -0.4 is 9.47 Å². The minimum atomic E-state index is -4.54. The Hall–Kier alpha value is -2.32. The number of aliphatic hydroxyl groups is 1. The Bertz CT molecular complexity index is 796. The van der Waals surface area contributed by atoms with Crippen LogP contribution in [0.1, 0.15) is 25.8 Å². The molecule has 2 atom stereocenters. The van der Waals surface area contributed by atoms with Gasteiger partial charge >= 0.3 is 6.18 Å². The van der Waals surface area contributed by atoms with E-state index >= 15 is 0 Å². The minimum absolute atomic E-state index is 0.0134. The Morgan fingerprint density at radius 3 is 2.37 bits per heavy atom. The lowest BCUT2D eigenvalue weighted by Gasteiger charge is -2.19. The first kappa shape index (κ1) is 21.0. The van der Waals surface area contributed by atoms with E-state index in [0.717, 1.165) is 6.07 Å². The largest absolute Gasteiger partial charge is 0.488 e. The molecule has 1 heterocycles. The number of carbonyl (C=O) groups is 1. The third-order valence-electron chi connectivity index (χ3n) is 3.53. The Labute approximate surface area is 158 Å². The molecular weight excluding hydrogens is 387 g/mol. The summed E-state index contributed by atoms with van der Waals surface area (Å²) >= 11 is 5.79. The maximum Gasteiger partial charge on any atom is 0.417 e. The molecule has 5 nitrogen and oxygen atoms in total. The summed E-state index contributed by atoms with van der Waals surface area (Å²) in [6, 6.07) is 6.85. The minimum Gasteiger partial charge on any atom is -0.488 e. The Balaban J connectivity index is 2.02. The van der Waals surface area contributed by atoms with Crippen LogP contribution in [0.3, 0.4) is 0 Å². The number of hydrogen-bond acceptors (Lipinski definition) is 5. The standard InChI is InChI=1S/C18H17ClF3NO4/c1-10(24)7-16(25)11(2)26-13-3-5-14(6-4-13)27-17-15(19)8-12(9-23-17)18(20,21)22/h3-6,8-9,11,16,25H,7H2,1-2H3. The number of pyridine rings is 1. The van der Waals surface area contributed by atoms with Crippen LogP contribution in [-0.4, -0.2) is 28.1 Å². The molecule has 1 aromatic carbocycles. The van der Waals surface area contributed by atoms with Gasteiger partial charge in [0, 0.05) is 12.6 Å². The van der Waals surface area contributed by atoms with Crippen LogP contribution >= 0.6 is 11.6 Å². The zero-order chi connectivity index (χ0) is 20.2. The van der Waals surface area contributed by atoms with Crippen LogP contribution in [0.4, 0.5) is 13.2 Å². The smallest absolute Gasteiger partial charge is 0.417 e. The van der Waals surface area contributed by atoms with Gasteiger partial charge in [0.1, 0.15) is 28.4 Å². The molecule has 0 spiro atoms. The second kappa shape index (κ2) is 8.58. The van der Waals surface area contributed by atoms with Crippen molar-refractivity contribution < 1.29 is 32.5 Å². The van der Waals surface area contributed by atoms with Gasteiger partial charge in [-0.3, -0.25) is 4.79 Å². The van der Waals surface area contributed by atoms with Crippen molar-refractivity contribution in [1.82, 2.24) is 4.98 Å². The molecule has 1 N–H and O–H groups in total. The molecule has 27 heavy (non-hydrogen) atoms. The molecule has 0 aliphatic carbocycles. The van der Waals surface area contributed by atoms with E-state index in [1.807, 2.05) is 0 Å². The lowest BCUT2D eigenvalue weighted by molar-refractivity contribution is -0.137. The molecule has 2 unspecified atom stereocenters. The fourth-order valence-electron chi connectivity index (χ4n) is 2.11. The molecule has 0 radical (unpaired) electrons. The molecule has 0 saturated carbocycles. The van der Waals surface area contributed by atoms with Gasteiger partial charge in [0.15, 0.2) is 0 Å². The average Bonchev–Trinajstić information content (AvgIpc) is 2.56. The first-order chi connectivity index (χ1) is 12.6. The van der Waals surface area contributed by atoms with E-state index in [0.29, 0.717) is 11.9 Å². The quantitative estimate of drug-likeness (QED) is 0.728. The number of ether oxygens (including phenoxy) is 2. The second-order valence-electron chi connectivity index (χ2n) is 5.88. The maximum absolute atomic E-state index is 12.6. The van der Waals surface area contributed by atoms with E-state index in [2.05, 4.69) is 4.98 Å². The second-order valence-corrected chi connectivity index (χ2v) is 6.29. The molecule has 0 fully saturated rings. The number of Topliss-reactive ketones (excluding diaryl/α,β-unsaturated/α-hetero) is 1. The zero-order valence-corrected chi connectivity index (χ0v) is 15.2. The molecule has 2 aromatic rings. The summed E-state index contributed by atoms with van der Waals surface area (Å²) in [6.45, 7) is 3.01. The highest BCUT2D eigenvalue weighted by Crippen LogP contribution is 2.34. The number of ketones is 1. The number of benzene rings is 1. The molecule has 0 saturated heterocycles. The first-order valence-electron chi connectivity index (χ1n) is 7.91. The number of rotatable bonds is 7. The van der Waals surface area contributed by atoms with Gasteiger partial charge in [0.25, 0.3) is 0 Å². The van der Waals surface area contributed by atoms with Gasteiger partial charge in [-0.15, -0.1) is 0 Å². The summed E-state index contributed by atoms with van der Waals surface area (Å²) in [4.78, 5) is 14.6. The third kappa shape index (κ3) is 6.11. The summed E-state index contributed by atoms with van der Waals surface area (Å²) in [5.74, 6) is 0.392. The maximum atomic E-state index is 12.6. The van der Waals surface area contributed by atoms with Gasteiger partial charge < -0.3 is 14.6 Å². The highest BCUT2D eigenvalue weighted by atomic mass is 35.5. The van der Waals surface area contributed by atoms with Crippen molar-refractivity contribution in [3.63, 3.8) is 0 Å². The highest BCUT2D eigenvalue weighted by molar-refractivity contribution is 6.31. The number of aromatic nitrogens is 1. The van der Waals surface area contributed by atoms with E-state index in [4.69, 9.17) is 21.1 Å². The molecular formula is C18H17ClF3NO4. The summed E-state index contributed by atoms with van der Waals surface area (Å²) in [7, 11) is 0. The van der Waals surface area contributed by atoms with Gasteiger partial charge in [-0.1, -0.05) is 11.6 Å². The molecule has 2 rings (SSSR count). The molecule has 1 aromatic heterocycles. The van der Waals surface area contributed by atoms with Crippen molar-refractivity contribution in [1.29, 1.82) is 0 Å². The van der Waals surface area contributed by atoms with E-state index in [-0.39, 0.29) is 28.9 Å². The number of alkyl halides is 3. The van der Waals surface area contributed by atoms with Crippen molar-refractivity contribution in [2.45, 2.75) is 38.7 Å². The number of carbonyl (C=O) groups excluding carboxylic acids is 1. The molecule has 0 bridgehead atoms. The van der Waals surface area contributed by atoms with Crippen molar-refractivity contribution in [3.8, 4) is 17.4 Å². The molecule has 0 aliphatic rings. The number of hydrogen-bond donors (Lipinski definition) is 1. The summed E-state index contributed by atoms with van der Waals surface area (Å²) < 4.78 is 48.7. The predicted molar refractivity (Wildman–Crippen MR) is 92.2 cm³/mol. The Kier molecular flexibility index (Phi) is 6.67. The van der Waals surface area contributed by atoms with Gasteiger partial charge in [0.05, 0.1) is 11.7 Å². The zero-order valence-electron chi connectivity index (χ0n) is 14.5. The first-order valence-corrected chi connectivity index (χ1v) is 8.29. The van der Waals surface area contributed by atoms with E-state index in [1.54, 1.807) is 19.1 Å². The Morgan fingerprint density at radius 1 is 1.26 bits per heavy atom. The summed E-state index contributed by atoms with van der Waals surface area (Å²) in [6.07, 6.45) is -5.46. The monoisotopic (exact) mass is 403 g/mol. The molecule has 0 amide bonds. The SMILES string of the molecule is CC(=O)CC(O)C(C)Oc1ccc(Oc2ncc(C(F)(F)F)cc2Cl)cc1. The Morgan fingerprint density at radius 2 is 1.85 bits per heavy atom. The molecule has 9 heteroatoms. The van der Waals surface area contributed by atoms with E-state index in [1.165, 1.54) is 19.1 Å². The van der Waals surface area contributed by atoms with Crippen molar-refractivity contribution in [2.24, 2.45) is 0 Å².